The highest BCUT2D eigenvalue weighted by Gasteiger charge is 2.46. The molecule has 246 valence electrons. The van der Waals surface area contributed by atoms with Crippen LogP contribution in [0.3, 0.4) is 0 Å². The second kappa shape index (κ2) is 14.8. The minimum atomic E-state index is -3.44. The minimum absolute atomic E-state index is 0.00000193. The first-order chi connectivity index (χ1) is 21.6. The molecule has 45 heavy (non-hydrogen) atoms. The predicted molar refractivity (Wildman–Crippen MR) is 170 cm³/mol. The van der Waals surface area contributed by atoms with Crippen molar-refractivity contribution < 1.29 is 31.9 Å². The van der Waals surface area contributed by atoms with E-state index in [9.17, 15) is 18.0 Å². The molecule has 2 saturated heterocycles. The second-order valence-corrected chi connectivity index (χ2v) is 14.7. The molecule has 10 nitrogen and oxygen atoms in total. The van der Waals surface area contributed by atoms with Crippen molar-refractivity contribution in [3.8, 4) is 0 Å². The average Bonchev–Trinajstić information content (AvgIpc) is 3.88. The van der Waals surface area contributed by atoms with Gasteiger partial charge in [0.25, 0.3) is 0 Å². The Bertz CT molecular complexity index is 1450. The van der Waals surface area contributed by atoms with Crippen molar-refractivity contribution in [1.29, 1.82) is 0 Å². The standard InChI is InChI=1S/C32H42ClFN4O6S/c1-20-18-35-19-24(38(20)45(41,42)25-11-12-25)10-13-26-27(34)4-3-5-28(26)36-31(39)30(37-32(40)43-2)29(22-14-16-44-17-15-22)21-6-8-23(33)9-7-21/h3-9,20,22,24-25,29-30,35H,10-19H2,1-2H3,(H,36,39)(H,37,40)/t20-,24-,29-,30-/m0/s1. The van der Waals surface area contributed by atoms with Crippen LogP contribution in [0.2, 0.25) is 5.02 Å². The number of halogens is 2. The lowest BCUT2D eigenvalue weighted by Crippen LogP contribution is -2.59. The molecular formula is C32H42ClFN4O6S. The zero-order valence-electron chi connectivity index (χ0n) is 25.6. The quantitative estimate of drug-likeness (QED) is 0.324. The largest absolute Gasteiger partial charge is 0.453 e. The van der Waals surface area contributed by atoms with Gasteiger partial charge in [0, 0.05) is 60.6 Å². The number of nitrogens with one attached hydrogen (secondary N) is 3. The van der Waals surface area contributed by atoms with Crippen molar-refractivity contribution in [2.75, 3.05) is 38.7 Å². The fraction of sp³-hybridized carbons (Fsp3) is 0.562. The summed E-state index contributed by atoms with van der Waals surface area (Å²) in [6.45, 7) is 3.96. The molecule has 3 aliphatic rings. The number of nitrogens with zero attached hydrogens (tertiary/aromatic N) is 1. The number of hydrogen-bond acceptors (Lipinski definition) is 7. The Hall–Kier alpha value is -2.77. The van der Waals surface area contributed by atoms with Gasteiger partial charge in [0.05, 0.1) is 12.4 Å². The molecule has 0 radical (unpaired) electrons. The summed E-state index contributed by atoms with van der Waals surface area (Å²) < 4.78 is 54.1. The molecular weight excluding hydrogens is 623 g/mol. The molecule has 2 heterocycles. The number of piperazine rings is 1. The highest BCUT2D eigenvalue weighted by Crippen LogP contribution is 2.37. The zero-order chi connectivity index (χ0) is 32.1. The Morgan fingerprint density at radius 3 is 2.49 bits per heavy atom. The molecule has 2 amide bonds. The molecule has 2 aromatic rings. The van der Waals surface area contributed by atoms with E-state index in [1.807, 2.05) is 19.1 Å². The first-order valence-electron chi connectivity index (χ1n) is 15.6. The van der Waals surface area contributed by atoms with Crippen molar-refractivity contribution >= 4 is 39.3 Å². The monoisotopic (exact) mass is 664 g/mol. The number of methoxy groups -OCH3 is 1. The maximum absolute atomic E-state index is 15.4. The Kier molecular flexibility index (Phi) is 11.0. The van der Waals surface area contributed by atoms with Gasteiger partial charge >= 0.3 is 6.09 Å². The van der Waals surface area contributed by atoms with Crippen molar-refractivity contribution in [1.82, 2.24) is 14.9 Å². The molecule has 3 fully saturated rings. The van der Waals surface area contributed by atoms with E-state index in [4.69, 9.17) is 21.1 Å². The third-order valence-corrected chi connectivity index (χ3v) is 11.9. The summed E-state index contributed by atoms with van der Waals surface area (Å²) in [5, 5.41) is 9.14. The van der Waals surface area contributed by atoms with E-state index in [2.05, 4.69) is 16.0 Å². The van der Waals surface area contributed by atoms with Crippen molar-refractivity contribution in [3.05, 3.63) is 64.4 Å². The van der Waals surface area contributed by atoms with E-state index in [1.165, 1.54) is 19.2 Å². The lowest BCUT2D eigenvalue weighted by atomic mass is 9.76. The van der Waals surface area contributed by atoms with Crippen LogP contribution in [-0.2, 0) is 30.7 Å². The summed E-state index contributed by atoms with van der Waals surface area (Å²) in [5.74, 6) is -1.47. The molecule has 2 aromatic carbocycles. The maximum atomic E-state index is 15.4. The number of anilines is 1. The van der Waals surface area contributed by atoms with Crippen LogP contribution in [0.1, 0.15) is 56.1 Å². The topological polar surface area (TPSA) is 126 Å². The number of hydrogen-bond donors (Lipinski definition) is 3. The normalized spacial score (nSPS) is 22.8. The van der Waals surface area contributed by atoms with Crippen molar-refractivity contribution in [2.24, 2.45) is 5.92 Å². The molecule has 5 rings (SSSR count). The van der Waals surface area contributed by atoms with Crippen LogP contribution < -0.4 is 16.0 Å². The molecule has 4 atom stereocenters. The number of sulfonamides is 1. The van der Waals surface area contributed by atoms with Gasteiger partial charge in [-0.25, -0.2) is 17.6 Å². The van der Waals surface area contributed by atoms with Crippen molar-refractivity contribution in [3.63, 3.8) is 0 Å². The van der Waals surface area contributed by atoms with Crippen molar-refractivity contribution in [2.45, 2.75) is 74.7 Å². The Balaban J connectivity index is 1.41. The van der Waals surface area contributed by atoms with Gasteiger partial charge in [0.2, 0.25) is 15.9 Å². The Morgan fingerprint density at radius 1 is 1.11 bits per heavy atom. The molecule has 13 heteroatoms. The van der Waals surface area contributed by atoms with Gasteiger partial charge in [-0.15, -0.1) is 0 Å². The third-order valence-electron chi connectivity index (χ3n) is 9.09. The van der Waals surface area contributed by atoms with Crippen LogP contribution in [0.15, 0.2) is 42.5 Å². The van der Waals surface area contributed by atoms with E-state index in [-0.39, 0.29) is 40.9 Å². The third kappa shape index (κ3) is 7.97. The molecule has 0 bridgehead atoms. The summed E-state index contributed by atoms with van der Waals surface area (Å²) in [6.07, 6.45) is 2.50. The van der Waals surface area contributed by atoms with Crippen LogP contribution in [0.4, 0.5) is 14.9 Å². The smallest absolute Gasteiger partial charge is 0.407 e. The van der Waals surface area contributed by atoms with Crippen LogP contribution in [0.5, 0.6) is 0 Å². The number of benzene rings is 2. The van der Waals surface area contributed by atoms with E-state index >= 15 is 4.39 Å². The van der Waals surface area contributed by atoms with Gasteiger partial charge in [0.15, 0.2) is 0 Å². The van der Waals surface area contributed by atoms with Crippen LogP contribution in [-0.4, -0.2) is 81.5 Å². The zero-order valence-corrected chi connectivity index (χ0v) is 27.2. The second-order valence-electron chi connectivity index (χ2n) is 12.2. The maximum Gasteiger partial charge on any atom is 0.407 e. The summed E-state index contributed by atoms with van der Waals surface area (Å²) in [6, 6.07) is 10.0. The SMILES string of the molecule is COC(=O)N[C@H](C(=O)Nc1cccc(F)c1CC[C@H]1CNC[C@H](C)N1S(=O)(=O)C1CC1)[C@@H](c1ccc(Cl)cc1)C1CCOCC1. The van der Waals surface area contributed by atoms with E-state index in [0.29, 0.717) is 63.4 Å². The molecule has 0 unspecified atom stereocenters. The van der Waals surface area contributed by atoms with Crippen LogP contribution >= 0.6 is 11.6 Å². The van der Waals surface area contributed by atoms with Gasteiger partial charge in [0.1, 0.15) is 11.9 Å². The Labute approximate surface area is 269 Å². The van der Waals surface area contributed by atoms with Crippen LogP contribution in [0, 0.1) is 11.7 Å². The highest BCUT2D eigenvalue weighted by atomic mass is 35.5. The number of ether oxygens (including phenoxy) is 2. The van der Waals surface area contributed by atoms with E-state index in [0.717, 1.165) is 5.56 Å². The lowest BCUT2D eigenvalue weighted by molar-refractivity contribution is -0.119. The average molecular weight is 665 g/mol. The van der Waals surface area contributed by atoms with Gasteiger partial charge in [-0.05, 0) is 81.2 Å². The summed E-state index contributed by atoms with van der Waals surface area (Å²) in [5.41, 5.74) is 1.36. The predicted octanol–water partition coefficient (Wildman–Crippen LogP) is 4.44. The molecule has 1 saturated carbocycles. The van der Waals surface area contributed by atoms with Crippen LogP contribution in [0.25, 0.3) is 0 Å². The highest BCUT2D eigenvalue weighted by molar-refractivity contribution is 7.90. The molecule has 2 aliphatic heterocycles. The van der Waals surface area contributed by atoms with Gasteiger partial charge in [-0.2, -0.15) is 4.31 Å². The minimum Gasteiger partial charge on any atom is -0.453 e. The number of carbonyl (C=O) groups is 2. The summed E-state index contributed by atoms with van der Waals surface area (Å²) in [4.78, 5) is 26.7. The Morgan fingerprint density at radius 2 is 1.82 bits per heavy atom. The van der Waals surface area contributed by atoms with E-state index in [1.54, 1.807) is 22.5 Å². The summed E-state index contributed by atoms with van der Waals surface area (Å²) in [7, 11) is -2.21. The molecule has 1 aliphatic carbocycles. The fourth-order valence-corrected chi connectivity index (χ4v) is 9.05. The first kappa shape index (κ1) is 33.6. The number of amides is 2. The number of rotatable bonds is 11. The van der Waals surface area contributed by atoms with E-state index < -0.39 is 39.8 Å². The molecule has 3 N–H and O–H groups in total. The van der Waals surface area contributed by atoms with Gasteiger partial charge in [-0.3, -0.25) is 4.79 Å². The number of alkyl carbamates (subject to hydrolysis) is 1. The molecule has 0 spiro atoms. The molecule has 0 aromatic heterocycles. The van der Waals surface area contributed by atoms with Gasteiger partial charge < -0.3 is 25.4 Å². The lowest BCUT2D eigenvalue weighted by Gasteiger charge is -2.40. The fourth-order valence-electron chi connectivity index (χ4n) is 6.68. The van der Waals surface area contributed by atoms with Gasteiger partial charge in [-0.1, -0.05) is 29.8 Å². The summed E-state index contributed by atoms with van der Waals surface area (Å²) >= 11 is 6.17. The number of carbonyl (C=O) groups excluding carboxylic acids is 2. The first-order valence-corrected chi connectivity index (χ1v) is 17.5.